The van der Waals surface area contributed by atoms with Crippen molar-refractivity contribution in [3.63, 3.8) is 0 Å². The number of rotatable bonds is 3. The summed E-state index contributed by atoms with van der Waals surface area (Å²) in [6.45, 7) is 3.68. The minimum atomic E-state index is -0.574. The van der Waals surface area contributed by atoms with Crippen LogP contribution >= 0.6 is 0 Å². The lowest BCUT2D eigenvalue weighted by Gasteiger charge is -2.38. The first-order valence-electron chi connectivity index (χ1n) is 8.21. The van der Waals surface area contributed by atoms with Crippen LogP contribution in [0, 0.1) is 11.8 Å². The van der Waals surface area contributed by atoms with Crippen LogP contribution in [0.4, 0.5) is 0 Å². The Morgan fingerprint density at radius 3 is 2.60 bits per heavy atom. The van der Waals surface area contributed by atoms with Crippen molar-refractivity contribution in [2.24, 2.45) is 11.8 Å². The second kappa shape index (κ2) is 5.38. The summed E-state index contributed by atoms with van der Waals surface area (Å²) in [7, 11) is 0. The first kappa shape index (κ1) is 13.9. The Bertz CT molecular complexity index is 397. The predicted octanol–water partition coefficient (Wildman–Crippen LogP) is 2.08. The minimum absolute atomic E-state index is 0.0572. The lowest BCUT2D eigenvalue weighted by molar-refractivity contribution is -0.140. The first-order valence-corrected chi connectivity index (χ1v) is 8.21. The van der Waals surface area contributed by atoms with E-state index in [0.717, 1.165) is 38.1 Å². The molecule has 1 heterocycles. The Kier molecular flexibility index (Phi) is 3.74. The molecule has 2 amide bonds. The summed E-state index contributed by atoms with van der Waals surface area (Å²) in [6.07, 6.45) is 8.03. The van der Waals surface area contributed by atoms with E-state index in [-0.39, 0.29) is 11.8 Å². The van der Waals surface area contributed by atoms with E-state index in [1.54, 1.807) is 0 Å². The Labute approximate surface area is 121 Å². The summed E-state index contributed by atoms with van der Waals surface area (Å²) in [6, 6.07) is 0. The van der Waals surface area contributed by atoms with Crippen molar-refractivity contribution < 1.29 is 9.59 Å². The summed E-state index contributed by atoms with van der Waals surface area (Å²) in [5.41, 5.74) is -0.574. The smallest absolute Gasteiger partial charge is 0.248 e. The molecule has 1 spiro atoms. The van der Waals surface area contributed by atoms with Gasteiger partial charge in [-0.2, -0.15) is 0 Å². The van der Waals surface area contributed by atoms with E-state index in [1.165, 1.54) is 19.3 Å². The van der Waals surface area contributed by atoms with Gasteiger partial charge in [-0.3, -0.25) is 9.59 Å². The van der Waals surface area contributed by atoms with Crippen molar-refractivity contribution >= 4 is 11.8 Å². The fourth-order valence-electron chi connectivity index (χ4n) is 3.85. The topological polar surface area (TPSA) is 49.4 Å². The Morgan fingerprint density at radius 1 is 1.25 bits per heavy atom. The fraction of sp³-hybridized carbons (Fsp3) is 0.875. The van der Waals surface area contributed by atoms with Crippen molar-refractivity contribution in [3.8, 4) is 0 Å². The molecule has 3 aliphatic rings. The number of nitrogens with one attached hydrogen (secondary N) is 1. The second-order valence-corrected chi connectivity index (χ2v) is 7.01. The molecule has 0 radical (unpaired) electrons. The average Bonchev–Trinajstić information content (AvgIpc) is 3.27. The van der Waals surface area contributed by atoms with Crippen LogP contribution in [-0.2, 0) is 9.59 Å². The maximum absolute atomic E-state index is 13.0. The zero-order chi connectivity index (χ0) is 14.2. The molecule has 20 heavy (non-hydrogen) atoms. The van der Waals surface area contributed by atoms with E-state index in [0.29, 0.717) is 18.9 Å². The van der Waals surface area contributed by atoms with Crippen molar-refractivity contribution in [2.45, 2.75) is 63.8 Å². The van der Waals surface area contributed by atoms with Crippen LogP contribution in [0.1, 0.15) is 58.3 Å². The van der Waals surface area contributed by atoms with Gasteiger partial charge in [-0.05, 0) is 37.5 Å². The Hall–Kier alpha value is -1.06. The van der Waals surface area contributed by atoms with Gasteiger partial charge < -0.3 is 10.2 Å². The molecular formula is C16H26N2O2. The van der Waals surface area contributed by atoms with E-state index in [1.807, 2.05) is 4.90 Å². The standard InChI is InChI=1S/C16H26N2O2/c1-12(13-5-6-13)11-18-10-7-14(19)17-16(15(18)20)8-3-2-4-9-16/h12-13H,2-11H2,1H3,(H,17,19). The average molecular weight is 278 g/mol. The van der Waals surface area contributed by atoms with Crippen LogP contribution < -0.4 is 5.32 Å². The highest BCUT2D eigenvalue weighted by atomic mass is 16.2. The van der Waals surface area contributed by atoms with Crippen molar-refractivity contribution in [3.05, 3.63) is 0 Å². The molecule has 0 aromatic carbocycles. The number of amides is 2. The molecule has 2 saturated carbocycles. The lowest BCUT2D eigenvalue weighted by Crippen LogP contribution is -2.58. The summed E-state index contributed by atoms with van der Waals surface area (Å²) in [5.74, 6) is 1.63. The molecule has 3 fully saturated rings. The molecule has 112 valence electrons. The van der Waals surface area contributed by atoms with Gasteiger partial charge in [0.1, 0.15) is 5.54 Å². The Balaban J connectivity index is 1.75. The number of carbonyl (C=O) groups is 2. The molecule has 4 heteroatoms. The molecule has 1 saturated heterocycles. The summed E-state index contributed by atoms with van der Waals surface area (Å²) >= 11 is 0. The van der Waals surface area contributed by atoms with Gasteiger partial charge in [0.05, 0.1) is 0 Å². The van der Waals surface area contributed by atoms with E-state index >= 15 is 0 Å². The third-order valence-electron chi connectivity index (χ3n) is 5.33. The van der Waals surface area contributed by atoms with E-state index in [4.69, 9.17) is 0 Å². The number of hydrogen-bond acceptors (Lipinski definition) is 2. The molecule has 2 aliphatic carbocycles. The van der Waals surface area contributed by atoms with Crippen LogP contribution in [-0.4, -0.2) is 35.3 Å². The number of hydrogen-bond donors (Lipinski definition) is 1. The van der Waals surface area contributed by atoms with Crippen molar-refractivity contribution in [1.29, 1.82) is 0 Å². The molecule has 1 atom stereocenters. The molecule has 4 nitrogen and oxygen atoms in total. The SMILES string of the molecule is CC(CN1CCC(=O)NC2(CCCCC2)C1=O)C1CC1. The zero-order valence-electron chi connectivity index (χ0n) is 12.5. The molecule has 1 aliphatic heterocycles. The van der Waals surface area contributed by atoms with Crippen molar-refractivity contribution in [1.82, 2.24) is 10.2 Å². The summed E-state index contributed by atoms with van der Waals surface area (Å²) in [5, 5.41) is 3.06. The van der Waals surface area contributed by atoms with Gasteiger partial charge in [0.2, 0.25) is 11.8 Å². The van der Waals surface area contributed by atoms with E-state index < -0.39 is 5.54 Å². The maximum Gasteiger partial charge on any atom is 0.248 e. The van der Waals surface area contributed by atoms with Crippen molar-refractivity contribution in [2.75, 3.05) is 13.1 Å². The highest BCUT2D eigenvalue weighted by Crippen LogP contribution is 2.38. The summed E-state index contributed by atoms with van der Waals surface area (Å²) in [4.78, 5) is 26.9. The van der Waals surface area contributed by atoms with E-state index in [9.17, 15) is 9.59 Å². The van der Waals surface area contributed by atoms with Gasteiger partial charge in [0, 0.05) is 19.5 Å². The molecular weight excluding hydrogens is 252 g/mol. The van der Waals surface area contributed by atoms with Crippen LogP contribution in [0.25, 0.3) is 0 Å². The van der Waals surface area contributed by atoms with Crippen LogP contribution in [0.15, 0.2) is 0 Å². The van der Waals surface area contributed by atoms with E-state index in [2.05, 4.69) is 12.2 Å². The highest BCUT2D eigenvalue weighted by molar-refractivity contribution is 5.93. The third-order valence-corrected chi connectivity index (χ3v) is 5.33. The summed E-state index contributed by atoms with van der Waals surface area (Å²) < 4.78 is 0. The maximum atomic E-state index is 13.0. The first-order chi connectivity index (χ1) is 9.61. The third kappa shape index (κ3) is 2.70. The second-order valence-electron chi connectivity index (χ2n) is 7.01. The van der Waals surface area contributed by atoms with Gasteiger partial charge in [-0.25, -0.2) is 0 Å². The zero-order valence-corrected chi connectivity index (χ0v) is 12.5. The number of carbonyl (C=O) groups excluding carboxylic acids is 2. The fourth-order valence-corrected chi connectivity index (χ4v) is 3.85. The van der Waals surface area contributed by atoms with Gasteiger partial charge in [-0.1, -0.05) is 26.2 Å². The normalized spacial score (nSPS) is 28.1. The quantitative estimate of drug-likeness (QED) is 0.859. The minimum Gasteiger partial charge on any atom is -0.342 e. The van der Waals surface area contributed by atoms with Gasteiger partial charge in [0.25, 0.3) is 0 Å². The predicted molar refractivity (Wildman–Crippen MR) is 77.0 cm³/mol. The van der Waals surface area contributed by atoms with Crippen LogP contribution in [0.3, 0.4) is 0 Å². The molecule has 0 bridgehead atoms. The molecule has 0 aromatic rings. The lowest BCUT2D eigenvalue weighted by atomic mass is 9.80. The van der Waals surface area contributed by atoms with Crippen LogP contribution in [0.5, 0.6) is 0 Å². The molecule has 1 N–H and O–H groups in total. The largest absolute Gasteiger partial charge is 0.342 e. The molecule has 1 unspecified atom stereocenters. The monoisotopic (exact) mass is 278 g/mol. The molecule has 0 aromatic heterocycles. The molecule has 3 rings (SSSR count). The van der Waals surface area contributed by atoms with Gasteiger partial charge in [0.15, 0.2) is 0 Å². The van der Waals surface area contributed by atoms with Gasteiger partial charge >= 0.3 is 0 Å². The van der Waals surface area contributed by atoms with Gasteiger partial charge in [-0.15, -0.1) is 0 Å². The highest BCUT2D eigenvalue weighted by Gasteiger charge is 2.45. The number of nitrogens with zero attached hydrogens (tertiary/aromatic N) is 1. The van der Waals surface area contributed by atoms with Crippen LogP contribution in [0.2, 0.25) is 0 Å². The Morgan fingerprint density at radius 2 is 1.95 bits per heavy atom.